The molecule has 128 valence electrons. The van der Waals surface area contributed by atoms with Crippen LogP contribution in [0.5, 0.6) is 0 Å². The van der Waals surface area contributed by atoms with Gasteiger partial charge in [-0.1, -0.05) is 16.9 Å². The van der Waals surface area contributed by atoms with Gasteiger partial charge >= 0.3 is 0 Å². The van der Waals surface area contributed by atoms with Gasteiger partial charge in [-0.15, -0.1) is 0 Å². The molecule has 1 aromatic carbocycles. The molecule has 24 heavy (non-hydrogen) atoms. The third-order valence-electron chi connectivity index (χ3n) is 4.22. The van der Waals surface area contributed by atoms with Gasteiger partial charge in [0.15, 0.2) is 22.6 Å². The van der Waals surface area contributed by atoms with E-state index in [0.29, 0.717) is 17.3 Å². The largest absolute Gasteiger partial charge is 0.378 e. The second-order valence-corrected chi connectivity index (χ2v) is 7.25. The first kappa shape index (κ1) is 16.9. The lowest BCUT2D eigenvalue weighted by atomic mass is 9.85. The van der Waals surface area contributed by atoms with Crippen molar-refractivity contribution in [1.82, 2.24) is 5.16 Å². The van der Waals surface area contributed by atoms with Crippen molar-refractivity contribution < 1.29 is 17.7 Å². The molecule has 2 unspecified atom stereocenters. The van der Waals surface area contributed by atoms with E-state index < -0.39 is 23.0 Å². The van der Waals surface area contributed by atoms with Crippen LogP contribution in [0, 0.1) is 31.3 Å². The molecule has 3 rings (SSSR count). The zero-order valence-corrected chi connectivity index (χ0v) is 14.2. The zero-order valence-electron chi connectivity index (χ0n) is 13.4. The fourth-order valence-corrected chi connectivity index (χ4v) is 4.43. The third kappa shape index (κ3) is 2.79. The quantitative estimate of drug-likeness (QED) is 0.823. The van der Waals surface area contributed by atoms with Gasteiger partial charge in [0.25, 0.3) is 0 Å². The summed E-state index contributed by atoms with van der Waals surface area (Å²) in [6.45, 7) is 5.34. The van der Waals surface area contributed by atoms with Gasteiger partial charge in [0.05, 0.1) is 11.2 Å². The molecule has 0 aliphatic carbocycles. The zero-order chi connectivity index (χ0) is 17.6. The van der Waals surface area contributed by atoms with E-state index in [1.165, 1.54) is 11.8 Å². The van der Waals surface area contributed by atoms with Crippen molar-refractivity contribution in [3.63, 3.8) is 0 Å². The minimum atomic E-state index is -1.49. The molecule has 1 aliphatic heterocycles. The maximum Gasteiger partial charge on any atom is 0.194 e. The summed E-state index contributed by atoms with van der Waals surface area (Å²) in [6.07, 6.45) is 0.422. The fourth-order valence-electron chi connectivity index (χ4n) is 3.02. The normalized spacial score (nSPS) is 24.1. The average Bonchev–Trinajstić information content (AvgIpc) is 2.82. The Balaban J connectivity index is 2.06. The number of hydrogen-bond acceptors (Lipinski definition) is 5. The number of nitrogens with two attached hydrogens (primary N) is 1. The van der Waals surface area contributed by atoms with Gasteiger partial charge in [0.2, 0.25) is 0 Å². The highest BCUT2D eigenvalue weighted by atomic mass is 32.2. The lowest BCUT2D eigenvalue weighted by Gasteiger charge is -2.34. The van der Waals surface area contributed by atoms with Gasteiger partial charge in [-0.3, -0.25) is 4.99 Å². The van der Waals surface area contributed by atoms with E-state index in [2.05, 4.69) is 10.1 Å². The van der Waals surface area contributed by atoms with Crippen LogP contribution in [0.1, 0.15) is 41.2 Å². The van der Waals surface area contributed by atoms with Gasteiger partial charge < -0.3 is 10.3 Å². The third-order valence-corrected chi connectivity index (χ3v) is 5.24. The molecule has 0 radical (unpaired) electrons. The van der Waals surface area contributed by atoms with Gasteiger partial charge in [-0.25, -0.2) is 13.2 Å². The number of halogens is 3. The minimum Gasteiger partial charge on any atom is -0.378 e. The monoisotopic (exact) mass is 355 g/mol. The van der Waals surface area contributed by atoms with E-state index >= 15 is 0 Å². The topological polar surface area (TPSA) is 64.4 Å². The van der Waals surface area contributed by atoms with Gasteiger partial charge in [-0.05, 0) is 44.9 Å². The Hall–Kier alpha value is -1.96. The minimum absolute atomic E-state index is 0.130. The van der Waals surface area contributed by atoms with Crippen molar-refractivity contribution in [2.45, 2.75) is 38.0 Å². The number of rotatable bonds is 2. The van der Waals surface area contributed by atoms with Crippen LogP contribution < -0.4 is 5.73 Å². The first-order valence-electron chi connectivity index (χ1n) is 7.31. The van der Waals surface area contributed by atoms with E-state index in [1.807, 2.05) is 6.92 Å². The first-order chi connectivity index (χ1) is 11.2. The Bertz CT molecular complexity index is 793. The van der Waals surface area contributed by atoms with Crippen LogP contribution in [0.3, 0.4) is 0 Å². The first-order valence-corrected chi connectivity index (χ1v) is 8.19. The number of aromatic nitrogens is 1. The average molecular weight is 355 g/mol. The van der Waals surface area contributed by atoms with Crippen LogP contribution in [0.2, 0.25) is 0 Å². The van der Waals surface area contributed by atoms with Gasteiger partial charge in [0.1, 0.15) is 5.76 Å². The molecule has 0 bridgehead atoms. The molecule has 4 nitrogen and oxygen atoms in total. The molecule has 1 aliphatic rings. The SMILES string of the molecule is Cc1noc(C)c1C1CC(C)(c2cc(F)c(F)c(F)c2)N=C(N)S1. The molecule has 8 heteroatoms. The summed E-state index contributed by atoms with van der Waals surface area (Å²) in [5, 5.41) is 4.10. The van der Waals surface area contributed by atoms with Crippen molar-refractivity contribution in [3.05, 3.63) is 52.2 Å². The van der Waals surface area contributed by atoms with Crippen molar-refractivity contribution >= 4 is 16.9 Å². The van der Waals surface area contributed by atoms with Crippen LogP contribution in [0.25, 0.3) is 0 Å². The molecule has 0 fully saturated rings. The molecule has 0 saturated heterocycles. The van der Waals surface area contributed by atoms with E-state index in [4.69, 9.17) is 10.3 Å². The summed E-state index contributed by atoms with van der Waals surface area (Å²) >= 11 is 1.35. The van der Waals surface area contributed by atoms with E-state index in [9.17, 15) is 13.2 Å². The summed E-state index contributed by atoms with van der Waals surface area (Å²) in [5.74, 6) is -3.32. The highest BCUT2D eigenvalue weighted by molar-refractivity contribution is 8.14. The Kier molecular flexibility index (Phi) is 4.11. The number of nitrogens with zero attached hydrogens (tertiary/aromatic N) is 2. The summed E-state index contributed by atoms with van der Waals surface area (Å²) in [7, 11) is 0. The summed E-state index contributed by atoms with van der Waals surface area (Å²) < 4.78 is 45.7. The van der Waals surface area contributed by atoms with Crippen molar-refractivity contribution in [2.75, 3.05) is 0 Å². The lowest BCUT2D eigenvalue weighted by molar-refractivity contribution is 0.390. The van der Waals surface area contributed by atoms with E-state index in [0.717, 1.165) is 23.4 Å². The lowest BCUT2D eigenvalue weighted by Crippen LogP contribution is -2.31. The van der Waals surface area contributed by atoms with Crippen molar-refractivity contribution in [1.29, 1.82) is 0 Å². The molecule has 2 N–H and O–H groups in total. The predicted octanol–water partition coefficient (Wildman–Crippen LogP) is 4.12. The summed E-state index contributed by atoms with van der Waals surface area (Å²) in [4.78, 5) is 4.37. The maximum absolute atomic E-state index is 13.6. The van der Waals surface area contributed by atoms with Gasteiger partial charge in [0, 0.05) is 10.8 Å². The molecule has 2 heterocycles. The second-order valence-electron chi connectivity index (χ2n) is 6.03. The van der Waals surface area contributed by atoms with Crippen LogP contribution in [-0.4, -0.2) is 10.3 Å². The molecular formula is C16H16F3N3OS. The standard InChI is InChI=1S/C16H16F3N3OS/c1-7-13(8(2)23-22-7)12-6-16(3,21-15(20)24-12)9-4-10(17)14(19)11(18)5-9/h4-5,12H,6H2,1-3H3,(H2,20,21). The fraction of sp³-hybridized carbons (Fsp3) is 0.375. The molecule has 0 spiro atoms. The Labute approximate surface area is 141 Å². The van der Waals surface area contributed by atoms with Gasteiger partial charge in [-0.2, -0.15) is 0 Å². The number of aliphatic imine (C=N–C) groups is 1. The highest BCUT2D eigenvalue weighted by Gasteiger charge is 2.38. The highest BCUT2D eigenvalue weighted by Crippen LogP contribution is 2.48. The van der Waals surface area contributed by atoms with Crippen LogP contribution in [0.15, 0.2) is 21.6 Å². The molecule has 1 aromatic heterocycles. The molecule has 2 aromatic rings. The van der Waals surface area contributed by atoms with E-state index in [-0.39, 0.29) is 10.8 Å². The predicted molar refractivity (Wildman–Crippen MR) is 86.2 cm³/mol. The second kappa shape index (κ2) is 5.84. The number of thioether (sulfide) groups is 1. The smallest absolute Gasteiger partial charge is 0.194 e. The molecule has 2 atom stereocenters. The Morgan fingerprint density at radius 3 is 2.42 bits per heavy atom. The van der Waals surface area contributed by atoms with Crippen molar-refractivity contribution in [3.8, 4) is 0 Å². The number of benzene rings is 1. The number of hydrogen-bond donors (Lipinski definition) is 1. The number of amidine groups is 1. The van der Waals surface area contributed by atoms with Crippen LogP contribution in [-0.2, 0) is 5.54 Å². The maximum atomic E-state index is 13.6. The summed E-state index contributed by atoms with van der Waals surface area (Å²) in [6, 6.07) is 1.94. The number of aryl methyl sites for hydroxylation is 2. The summed E-state index contributed by atoms with van der Waals surface area (Å²) in [5.41, 5.74) is 6.84. The Morgan fingerprint density at radius 1 is 1.25 bits per heavy atom. The van der Waals surface area contributed by atoms with Crippen LogP contribution in [0.4, 0.5) is 13.2 Å². The van der Waals surface area contributed by atoms with E-state index in [1.54, 1.807) is 13.8 Å². The van der Waals surface area contributed by atoms with Crippen LogP contribution >= 0.6 is 11.8 Å². The van der Waals surface area contributed by atoms with Crippen molar-refractivity contribution in [2.24, 2.45) is 10.7 Å². The molecular weight excluding hydrogens is 339 g/mol. The Morgan fingerprint density at radius 2 is 1.88 bits per heavy atom. The molecule has 0 saturated carbocycles. The molecule has 0 amide bonds.